The molecule has 2 N–H and O–H groups in total. The van der Waals surface area contributed by atoms with E-state index in [2.05, 4.69) is 19.1 Å². The lowest BCUT2D eigenvalue weighted by Gasteiger charge is -2.35. The van der Waals surface area contributed by atoms with Gasteiger partial charge in [0.25, 0.3) is 0 Å². The quantitative estimate of drug-likeness (QED) is 0.888. The van der Waals surface area contributed by atoms with Crippen LogP contribution in [-0.2, 0) is 9.59 Å². The molecule has 1 amide bonds. The van der Waals surface area contributed by atoms with Crippen LogP contribution in [0.1, 0.15) is 36.3 Å². The fraction of sp³-hybridized carbons (Fsp3) is 0.529. The van der Waals surface area contributed by atoms with E-state index < -0.39 is 11.6 Å². The minimum Gasteiger partial charge on any atom is -0.479 e. The number of aryl methyl sites for hydroxylation is 1. The summed E-state index contributed by atoms with van der Waals surface area (Å²) in [5.74, 6) is -0.796. The van der Waals surface area contributed by atoms with Gasteiger partial charge in [0, 0.05) is 31.8 Å². The number of likely N-dealkylation sites (tertiary alicyclic amines) is 1. The van der Waals surface area contributed by atoms with Crippen molar-refractivity contribution in [2.75, 3.05) is 13.1 Å². The molecule has 3 rings (SSSR count). The van der Waals surface area contributed by atoms with Crippen molar-refractivity contribution in [2.45, 2.75) is 37.7 Å². The predicted molar refractivity (Wildman–Crippen MR) is 80.4 cm³/mol. The molecule has 0 radical (unpaired) electrons. The van der Waals surface area contributed by atoms with Crippen LogP contribution in [0.25, 0.3) is 0 Å². The zero-order valence-corrected chi connectivity index (χ0v) is 12.7. The summed E-state index contributed by atoms with van der Waals surface area (Å²) < 4.78 is 0. The van der Waals surface area contributed by atoms with Gasteiger partial charge in [0.2, 0.25) is 5.91 Å². The topological polar surface area (TPSA) is 77.8 Å². The number of piperidine rings is 1. The van der Waals surface area contributed by atoms with Crippen molar-refractivity contribution in [3.8, 4) is 0 Å². The minimum atomic E-state index is -1.67. The Morgan fingerprint density at radius 2 is 1.86 bits per heavy atom. The summed E-state index contributed by atoms with van der Waals surface area (Å²) in [5, 5.41) is 18.9. The van der Waals surface area contributed by atoms with Gasteiger partial charge in [0.15, 0.2) is 5.60 Å². The number of carbonyl (C=O) groups is 2. The summed E-state index contributed by atoms with van der Waals surface area (Å²) in [6.07, 6.45) is 1.08. The van der Waals surface area contributed by atoms with Crippen LogP contribution in [0.15, 0.2) is 24.3 Å². The average Bonchev–Trinajstić information content (AvgIpc) is 3.28. The summed E-state index contributed by atoms with van der Waals surface area (Å²) in [4.78, 5) is 25.3. The SMILES string of the molecule is Cc1ccccc1C1CC1C(=O)N1CCC(O)(C(=O)O)CC1. The number of amides is 1. The predicted octanol–water partition coefficient (Wildman–Crippen LogP) is 1.54. The third-order valence-electron chi connectivity index (χ3n) is 5.00. The number of hydrogen-bond acceptors (Lipinski definition) is 3. The molecule has 2 aliphatic rings. The van der Waals surface area contributed by atoms with Gasteiger partial charge < -0.3 is 15.1 Å². The summed E-state index contributed by atoms with van der Waals surface area (Å²) in [6, 6.07) is 8.13. The van der Waals surface area contributed by atoms with Crippen LogP contribution in [-0.4, -0.2) is 45.7 Å². The van der Waals surface area contributed by atoms with Crippen molar-refractivity contribution in [1.82, 2.24) is 4.90 Å². The molecule has 1 aromatic carbocycles. The second-order valence-corrected chi connectivity index (χ2v) is 6.47. The smallest absolute Gasteiger partial charge is 0.335 e. The van der Waals surface area contributed by atoms with Gasteiger partial charge in [0.1, 0.15) is 0 Å². The number of aliphatic carboxylic acids is 1. The zero-order chi connectivity index (χ0) is 15.9. The molecule has 5 nitrogen and oxygen atoms in total. The van der Waals surface area contributed by atoms with E-state index in [1.807, 2.05) is 12.1 Å². The van der Waals surface area contributed by atoms with Gasteiger partial charge in [-0.25, -0.2) is 4.79 Å². The second-order valence-electron chi connectivity index (χ2n) is 6.47. The molecular weight excluding hydrogens is 282 g/mol. The largest absolute Gasteiger partial charge is 0.479 e. The monoisotopic (exact) mass is 303 g/mol. The Kier molecular flexibility index (Phi) is 3.68. The van der Waals surface area contributed by atoms with Gasteiger partial charge in [-0.05, 0) is 30.4 Å². The highest BCUT2D eigenvalue weighted by Crippen LogP contribution is 2.49. The number of hydrogen-bond donors (Lipinski definition) is 2. The maximum atomic E-state index is 12.5. The molecule has 1 saturated heterocycles. The van der Waals surface area contributed by atoms with Crippen molar-refractivity contribution in [3.05, 3.63) is 35.4 Å². The van der Waals surface area contributed by atoms with Crippen molar-refractivity contribution in [2.24, 2.45) is 5.92 Å². The Labute approximate surface area is 129 Å². The van der Waals surface area contributed by atoms with Crippen molar-refractivity contribution in [1.29, 1.82) is 0 Å². The molecule has 22 heavy (non-hydrogen) atoms. The van der Waals surface area contributed by atoms with Gasteiger partial charge >= 0.3 is 5.97 Å². The third kappa shape index (κ3) is 2.61. The lowest BCUT2D eigenvalue weighted by molar-refractivity contribution is -0.165. The van der Waals surface area contributed by atoms with Crippen LogP contribution < -0.4 is 0 Å². The van der Waals surface area contributed by atoms with E-state index in [0.29, 0.717) is 13.1 Å². The van der Waals surface area contributed by atoms with E-state index in [1.165, 1.54) is 11.1 Å². The van der Waals surface area contributed by atoms with E-state index in [0.717, 1.165) is 6.42 Å². The number of rotatable bonds is 3. The molecule has 1 saturated carbocycles. The molecule has 2 atom stereocenters. The molecule has 118 valence electrons. The number of benzene rings is 1. The first kappa shape index (κ1) is 15.0. The molecule has 2 unspecified atom stereocenters. The Balaban J connectivity index is 1.61. The van der Waals surface area contributed by atoms with Crippen molar-refractivity contribution in [3.63, 3.8) is 0 Å². The Bertz CT molecular complexity index is 604. The average molecular weight is 303 g/mol. The van der Waals surface area contributed by atoms with Crippen LogP contribution in [0.5, 0.6) is 0 Å². The highest BCUT2D eigenvalue weighted by molar-refractivity contribution is 5.84. The molecule has 1 aliphatic heterocycles. The molecular formula is C17H21NO4. The van der Waals surface area contributed by atoms with E-state index in [4.69, 9.17) is 5.11 Å². The second kappa shape index (κ2) is 5.39. The van der Waals surface area contributed by atoms with Crippen LogP contribution >= 0.6 is 0 Å². The fourth-order valence-corrected chi connectivity index (χ4v) is 3.36. The number of carbonyl (C=O) groups excluding carboxylic acids is 1. The minimum absolute atomic E-state index is 0.0112. The van der Waals surface area contributed by atoms with Gasteiger partial charge in [-0.1, -0.05) is 24.3 Å². The van der Waals surface area contributed by atoms with Crippen LogP contribution in [0.2, 0.25) is 0 Å². The van der Waals surface area contributed by atoms with Gasteiger partial charge in [0.05, 0.1) is 0 Å². The van der Waals surface area contributed by atoms with Crippen LogP contribution in [0.4, 0.5) is 0 Å². The molecule has 1 aromatic rings. The van der Waals surface area contributed by atoms with Gasteiger partial charge in [-0.3, -0.25) is 4.79 Å². The normalized spacial score (nSPS) is 26.5. The van der Waals surface area contributed by atoms with Crippen LogP contribution in [0, 0.1) is 12.8 Å². The maximum Gasteiger partial charge on any atom is 0.335 e. The van der Waals surface area contributed by atoms with E-state index in [-0.39, 0.29) is 30.6 Å². The molecule has 1 heterocycles. The molecule has 5 heteroatoms. The Morgan fingerprint density at radius 3 is 2.45 bits per heavy atom. The van der Waals surface area contributed by atoms with E-state index >= 15 is 0 Å². The summed E-state index contributed by atoms with van der Waals surface area (Å²) in [6.45, 7) is 2.69. The summed E-state index contributed by atoms with van der Waals surface area (Å²) >= 11 is 0. The Hall–Kier alpha value is -1.88. The molecule has 1 aliphatic carbocycles. The van der Waals surface area contributed by atoms with Crippen LogP contribution in [0.3, 0.4) is 0 Å². The first-order chi connectivity index (χ1) is 10.4. The molecule has 0 bridgehead atoms. The zero-order valence-electron chi connectivity index (χ0n) is 12.7. The fourth-order valence-electron chi connectivity index (χ4n) is 3.36. The third-order valence-corrected chi connectivity index (χ3v) is 5.00. The first-order valence-corrected chi connectivity index (χ1v) is 7.72. The maximum absolute atomic E-state index is 12.5. The van der Waals surface area contributed by atoms with Crippen molar-refractivity contribution < 1.29 is 19.8 Å². The summed E-state index contributed by atoms with van der Waals surface area (Å²) in [7, 11) is 0. The highest BCUT2D eigenvalue weighted by atomic mass is 16.4. The van der Waals surface area contributed by atoms with E-state index in [9.17, 15) is 14.7 Å². The van der Waals surface area contributed by atoms with E-state index in [1.54, 1.807) is 4.90 Å². The van der Waals surface area contributed by atoms with Gasteiger partial charge in [-0.2, -0.15) is 0 Å². The molecule has 0 spiro atoms. The molecule has 0 aromatic heterocycles. The lowest BCUT2D eigenvalue weighted by atomic mass is 9.91. The summed E-state index contributed by atoms with van der Waals surface area (Å²) in [5.41, 5.74) is 0.775. The molecule has 2 fully saturated rings. The number of aliphatic hydroxyl groups is 1. The van der Waals surface area contributed by atoms with Gasteiger partial charge in [-0.15, -0.1) is 0 Å². The first-order valence-electron chi connectivity index (χ1n) is 7.72. The lowest BCUT2D eigenvalue weighted by Crippen LogP contribution is -2.51. The highest BCUT2D eigenvalue weighted by Gasteiger charge is 2.48. The Morgan fingerprint density at radius 1 is 1.23 bits per heavy atom. The number of carboxylic acids is 1. The number of carboxylic acid groups (broad SMARTS) is 1. The number of nitrogens with zero attached hydrogens (tertiary/aromatic N) is 1. The standard InChI is InChI=1S/C17H21NO4/c1-11-4-2-3-5-12(11)13-10-14(13)15(19)18-8-6-17(22,7-9-18)16(20)21/h2-5,13-14,22H,6-10H2,1H3,(H,20,21). The van der Waals surface area contributed by atoms with Crippen molar-refractivity contribution >= 4 is 11.9 Å².